The third-order valence-corrected chi connectivity index (χ3v) is 5.32. The second-order valence-electron chi connectivity index (χ2n) is 10.1. The summed E-state index contributed by atoms with van der Waals surface area (Å²) in [6.07, 6.45) is 10.1. The number of hydrogen-bond acceptors (Lipinski definition) is 0. The summed E-state index contributed by atoms with van der Waals surface area (Å²) >= 11 is 0. The molecule has 0 aliphatic rings. The second kappa shape index (κ2) is 23.9. The average Bonchev–Trinajstić information content (AvgIpc) is 2.83. The zero-order valence-electron chi connectivity index (χ0n) is 27.8. The number of aryl methyl sites for hydroxylation is 2. The number of halogens is 2. The molecule has 0 aliphatic heterocycles. The Bertz CT molecular complexity index is 852. The predicted molar refractivity (Wildman–Crippen MR) is 175 cm³/mol. The number of allylic oxidation sites excluding steroid dienone is 7. The molecule has 2 heteroatoms. The molecule has 1 atom stereocenters. The molecule has 0 bridgehead atoms. The van der Waals surface area contributed by atoms with Crippen LogP contribution in [-0.4, -0.2) is 11.3 Å². The minimum Gasteiger partial charge on any atom is -0.239 e. The van der Waals surface area contributed by atoms with Crippen molar-refractivity contribution in [3.63, 3.8) is 0 Å². The molecule has 0 fully saturated rings. The summed E-state index contributed by atoms with van der Waals surface area (Å²) in [5.41, 5.74) is 4.77. The fraction of sp³-hybridized carbons (Fsp3) is 0.556. The highest BCUT2D eigenvalue weighted by molar-refractivity contribution is 5.56. The van der Waals surface area contributed by atoms with Crippen molar-refractivity contribution in [3.8, 4) is 0 Å². The van der Waals surface area contributed by atoms with Gasteiger partial charge in [0.2, 0.25) is 0 Å². The van der Waals surface area contributed by atoms with Gasteiger partial charge in [0.25, 0.3) is 0 Å². The minimum absolute atomic E-state index is 0.402. The molecule has 1 rings (SSSR count). The van der Waals surface area contributed by atoms with Crippen LogP contribution in [0.15, 0.2) is 71.9 Å². The topological polar surface area (TPSA) is 0 Å². The Hall–Kier alpha value is -2.22. The van der Waals surface area contributed by atoms with Gasteiger partial charge in [0, 0.05) is 0 Å². The van der Waals surface area contributed by atoms with Crippen LogP contribution in [0, 0.1) is 6.92 Å². The Morgan fingerprint density at radius 1 is 0.947 bits per heavy atom. The van der Waals surface area contributed by atoms with E-state index >= 15 is 0 Å². The van der Waals surface area contributed by atoms with Gasteiger partial charge in [-0.25, -0.2) is 8.78 Å². The molecule has 0 aliphatic carbocycles. The molecule has 0 heterocycles. The predicted octanol–water partition coefficient (Wildman–Crippen LogP) is 12.9. The first-order valence-electron chi connectivity index (χ1n) is 14.2. The summed E-state index contributed by atoms with van der Waals surface area (Å²) in [5, 5.41) is 0. The van der Waals surface area contributed by atoms with E-state index in [0.717, 1.165) is 6.42 Å². The highest BCUT2D eigenvalue weighted by atomic mass is 19.1. The lowest BCUT2D eigenvalue weighted by molar-refractivity contribution is 0.230. The molecule has 0 amide bonds. The van der Waals surface area contributed by atoms with Gasteiger partial charge < -0.3 is 0 Å². The fourth-order valence-corrected chi connectivity index (χ4v) is 2.79. The average molecular weight is 533 g/mol. The number of hydrogen-bond donors (Lipinski definition) is 0. The van der Waals surface area contributed by atoms with E-state index in [1.165, 1.54) is 55.0 Å². The van der Waals surface area contributed by atoms with Gasteiger partial charge in [-0.3, -0.25) is 0 Å². The number of benzene rings is 1. The maximum absolute atomic E-state index is 13.9. The van der Waals surface area contributed by atoms with Gasteiger partial charge in [-0.1, -0.05) is 108 Å². The van der Waals surface area contributed by atoms with Crippen LogP contribution in [0.2, 0.25) is 0 Å². The summed E-state index contributed by atoms with van der Waals surface area (Å²) in [6.45, 7) is 35.7. The van der Waals surface area contributed by atoms with E-state index in [9.17, 15) is 8.78 Å². The Kier molecular flexibility index (Phi) is 26.9. The van der Waals surface area contributed by atoms with Crippen LogP contribution in [-0.2, 0) is 6.42 Å². The van der Waals surface area contributed by atoms with E-state index < -0.39 is 11.3 Å². The maximum Gasteiger partial charge on any atom is 0.130 e. The van der Waals surface area contributed by atoms with Crippen molar-refractivity contribution >= 4 is 6.08 Å². The largest absolute Gasteiger partial charge is 0.239 e. The zero-order valence-corrected chi connectivity index (χ0v) is 27.8. The van der Waals surface area contributed by atoms with Gasteiger partial charge in [-0.05, 0) is 103 Å². The molecule has 1 aromatic rings. The third-order valence-electron chi connectivity index (χ3n) is 5.32. The molecule has 0 radical (unpaired) electrons. The molecule has 38 heavy (non-hydrogen) atoms. The zero-order chi connectivity index (χ0) is 31.1. The molecular weight excluding hydrogens is 470 g/mol. The Morgan fingerprint density at radius 2 is 1.39 bits per heavy atom. The molecule has 0 spiro atoms. The summed E-state index contributed by atoms with van der Waals surface area (Å²) in [6, 6.07) is 6.60. The first kappa shape index (κ1) is 42.9. The van der Waals surface area contributed by atoms with Crippen LogP contribution in [0.5, 0.6) is 0 Å². The molecule has 0 saturated heterocycles. The van der Waals surface area contributed by atoms with Crippen LogP contribution in [0.3, 0.4) is 0 Å². The van der Waals surface area contributed by atoms with Crippen molar-refractivity contribution in [2.45, 2.75) is 134 Å². The van der Waals surface area contributed by atoms with E-state index in [-0.39, 0.29) is 0 Å². The lowest BCUT2D eigenvalue weighted by Crippen LogP contribution is -2.20. The maximum atomic E-state index is 13.9. The van der Waals surface area contributed by atoms with Crippen molar-refractivity contribution in [1.82, 2.24) is 0 Å². The van der Waals surface area contributed by atoms with Crippen LogP contribution >= 0.6 is 0 Å². The van der Waals surface area contributed by atoms with Crippen molar-refractivity contribution in [2.75, 3.05) is 0 Å². The van der Waals surface area contributed by atoms with E-state index in [1.54, 1.807) is 32.9 Å². The van der Waals surface area contributed by atoms with Gasteiger partial charge in [0.1, 0.15) is 11.3 Å². The molecule has 0 N–H and O–H groups in total. The molecule has 1 unspecified atom stereocenters. The van der Waals surface area contributed by atoms with Crippen molar-refractivity contribution < 1.29 is 8.78 Å². The monoisotopic (exact) mass is 532 g/mol. The number of alkyl halides is 2. The molecule has 0 aromatic heterocycles. The molecule has 0 nitrogen and oxygen atoms in total. The standard InChI is InChI=1S/C14H18.C13H22F2.C4H8.C3H8.C2H6/c1-5-11(3)9-13-7-8-14(6-2)12(4)10-13;1-7-11(12(4,5)14)9-10(3)13(6,15)8-2;1-4(2)3;1-3-2;1-2/h5,7-10H,1,6H2,2-4H3;7,9H,8H2,1-6H3;1H2,2-3H3;3H2,1-2H3;1-2H3/b11-9+;10-9+,11-7+;;;. The lowest BCUT2D eigenvalue weighted by Gasteiger charge is -2.22. The van der Waals surface area contributed by atoms with Gasteiger partial charge in [0.05, 0.1) is 0 Å². The SMILES string of the molecule is C/C=C(\C=C(/C)C(C)(F)CC)C(C)(C)F.C=C(C)C.C=C/C(C)=C/c1ccc(CC)c(C)c1.CC.CCC. The quantitative estimate of drug-likeness (QED) is 0.242. The first-order chi connectivity index (χ1) is 17.5. The van der Waals surface area contributed by atoms with Crippen LogP contribution in [0.4, 0.5) is 8.78 Å². The second-order valence-corrected chi connectivity index (χ2v) is 10.1. The molecule has 0 saturated carbocycles. The molecule has 1 aromatic carbocycles. The Morgan fingerprint density at radius 3 is 1.68 bits per heavy atom. The summed E-state index contributed by atoms with van der Waals surface area (Å²) in [7, 11) is 0. The van der Waals surface area contributed by atoms with Crippen LogP contribution in [0.25, 0.3) is 6.08 Å². The first-order valence-corrected chi connectivity index (χ1v) is 14.2. The molecular formula is C36H62F2. The highest BCUT2D eigenvalue weighted by Gasteiger charge is 2.26. The van der Waals surface area contributed by atoms with Gasteiger partial charge in [0.15, 0.2) is 0 Å². The summed E-state index contributed by atoms with van der Waals surface area (Å²) < 4.78 is 27.6. The van der Waals surface area contributed by atoms with Gasteiger partial charge in [-0.15, -0.1) is 6.58 Å². The molecule has 220 valence electrons. The van der Waals surface area contributed by atoms with E-state index in [0.29, 0.717) is 17.6 Å². The van der Waals surface area contributed by atoms with E-state index in [2.05, 4.69) is 72.1 Å². The normalized spacial score (nSPS) is 13.0. The van der Waals surface area contributed by atoms with Crippen molar-refractivity contribution in [1.29, 1.82) is 0 Å². The third kappa shape index (κ3) is 22.9. The highest BCUT2D eigenvalue weighted by Crippen LogP contribution is 2.29. The Labute approximate surface area is 237 Å². The van der Waals surface area contributed by atoms with Crippen molar-refractivity contribution in [2.24, 2.45) is 0 Å². The van der Waals surface area contributed by atoms with Crippen LogP contribution < -0.4 is 0 Å². The summed E-state index contributed by atoms with van der Waals surface area (Å²) in [5.74, 6) is 0. The van der Waals surface area contributed by atoms with Gasteiger partial charge >= 0.3 is 0 Å². The van der Waals surface area contributed by atoms with E-state index in [4.69, 9.17) is 0 Å². The van der Waals surface area contributed by atoms with Crippen LogP contribution in [0.1, 0.15) is 126 Å². The van der Waals surface area contributed by atoms with Crippen molar-refractivity contribution in [3.05, 3.63) is 88.6 Å². The Balaban J connectivity index is -0.000000232. The van der Waals surface area contributed by atoms with E-state index in [1.807, 2.05) is 33.8 Å². The van der Waals surface area contributed by atoms with Gasteiger partial charge in [-0.2, -0.15) is 0 Å². The smallest absolute Gasteiger partial charge is 0.130 e. The minimum atomic E-state index is -1.42. The fourth-order valence-electron chi connectivity index (χ4n) is 2.79. The summed E-state index contributed by atoms with van der Waals surface area (Å²) in [4.78, 5) is 0. The number of rotatable bonds is 7. The lowest BCUT2D eigenvalue weighted by atomic mass is 9.90.